The minimum Gasteiger partial charge on any atom is -0.266 e. The van der Waals surface area contributed by atoms with Crippen LogP contribution in [0.4, 0.5) is 0 Å². The molecule has 1 amide bonds. The fraction of sp³-hybridized carbons (Fsp3) is 0. The highest BCUT2D eigenvalue weighted by Crippen LogP contribution is 2.18. The molecule has 4 rings (SSSR count). The number of nitrogens with zero attached hydrogens (tertiary/aromatic N) is 4. The Morgan fingerprint density at radius 2 is 1.76 bits per heavy atom. The first-order valence-corrected chi connectivity index (χ1v) is 10.1. The van der Waals surface area contributed by atoms with E-state index in [0.29, 0.717) is 11.3 Å². The molecule has 3 heterocycles. The van der Waals surface area contributed by atoms with Crippen molar-refractivity contribution >= 4 is 15.9 Å². The molecule has 0 atom stereocenters. The highest BCUT2D eigenvalue weighted by molar-refractivity contribution is 7.90. The van der Waals surface area contributed by atoms with Crippen molar-refractivity contribution in [2.45, 2.75) is 4.90 Å². The van der Waals surface area contributed by atoms with E-state index in [1.807, 2.05) is 10.8 Å². The van der Waals surface area contributed by atoms with Crippen molar-refractivity contribution in [2.75, 3.05) is 0 Å². The molecule has 0 spiro atoms. The number of benzene rings is 1. The van der Waals surface area contributed by atoms with E-state index in [1.165, 1.54) is 18.2 Å². The summed E-state index contributed by atoms with van der Waals surface area (Å²) >= 11 is 0. The van der Waals surface area contributed by atoms with Gasteiger partial charge in [-0.1, -0.05) is 24.3 Å². The molecule has 0 unspecified atom stereocenters. The molecule has 0 aliphatic carbocycles. The molecule has 1 aromatic carbocycles. The summed E-state index contributed by atoms with van der Waals surface area (Å²) in [6.07, 6.45) is 6.70. The number of aromatic nitrogens is 4. The van der Waals surface area contributed by atoms with Gasteiger partial charge in [-0.25, -0.2) is 22.8 Å². The van der Waals surface area contributed by atoms with Gasteiger partial charge in [0.1, 0.15) is 5.69 Å². The Balaban J connectivity index is 1.58. The van der Waals surface area contributed by atoms with Gasteiger partial charge in [0.15, 0.2) is 0 Å². The first-order valence-electron chi connectivity index (χ1n) is 8.58. The van der Waals surface area contributed by atoms with Crippen LogP contribution < -0.4 is 4.72 Å². The number of sulfonamides is 1. The number of pyridine rings is 2. The first kappa shape index (κ1) is 18.5. The normalized spacial score (nSPS) is 11.2. The highest BCUT2D eigenvalue weighted by atomic mass is 32.2. The Morgan fingerprint density at radius 1 is 0.931 bits per heavy atom. The van der Waals surface area contributed by atoms with Crippen LogP contribution in [0.3, 0.4) is 0 Å². The van der Waals surface area contributed by atoms with Gasteiger partial charge in [-0.2, -0.15) is 5.10 Å². The summed E-state index contributed by atoms with van der Waals surface area (Å²) in [5.74, 6) is -0.810. The van der Waals surface area contributed by atoms with Crippen LogP contribution in [-0.2, 0) is 10.0 Å². The molecule has 4 aromatic rings. The molecule has 0 saturated heterocycles. The summed E-state index contributed by atoms with van der Waals surface area (Å²) < 4.78 is 28.4. The van der Waals surface area contributed by atoms with Crippen molar-refractivity contribution in [3.8, 4) is 16.9 Å². The van der Waals surface area contributed by atoms with Crippen molar-refractivity contribution in [1.29, 1.82) is 0 Å². The molecule has 0 aliphatic heterocycles. The average molecular weight is 405 g/mol. The first-order chi connectivity index (χ1) is 14.0. The number of hydrogen-bond donors (Lipinski definition) is 1. The van der Waals surface area contributed by atoms with Gasteiger partial charge < -0.3 is 0 Å². The third kappa shape index (κ3) is 4.04. The van der Waals surface area contributed by atoms with E-state index >= 15 is 0 Å². The summed E-state index contributed by atoms with van der Waals surface area (Å²) in [7, 11) is -3.98. The summed E-state index contributed by atoms with van der Waals surface area (Å²) in [5, 5.41) is 4.28. The maximum Gasteiger partial charge on any atom is 0.283 e. The largest absolute Gasteiger partial charge is 0.283 e. The topological polar surface area (TPSA) is 107 Å². The van der Waals surface area contributed by atoms with Crippen molar-refractivity contribution < 1.29 is 13.2 Å². The van der Waals surface area contributed by atoms with Crippen molar-refractivity contribution in [1.82, 2.24) is 24.5 Å². The predicted molar refractivity (Wildman–Crippen MR) is 106 cm³/mol. The maximum absolute atomic E-state index is 12.5. The Labute approximate surface area is 166 Å². The lowest BCUT2D eigenvalue weighted by Gasteiger charge is -2.07. The second kappa shape index (κ2) is 7.64. The Morgan fingerprint density at radius 3 is 2.52 bits per heavy atom. The lowest BCUT2D eigenvalue weighted by Crippen LogP contribution is -2.31. The van der Waals surface area contributed by atoms with E-state index < -0.39 is 15.9 Å². The fourth-order valence-electron chi connectivity index (χ4n) is 2.64. The molecule has 0 bridgehead atoms. The molecule has 1 N–H and O–H groups in total. The number of hydrogen-bond acceptors (Lipinski definition) is 6. The standard InChI is InChI=1S/C20H15N5O3S/c26-20(24-29(27,28)17-7-2-1-3-8-17)19-10-4-9-18(23-19)15-12-22-25(14-15)16-6-5-11-21-13-16/h1-14H,(H,24,26). The average Bonchev–Trinajstić information content (AvgIpc) is 3.25. The quantitative estimate of drug-likeness (QED) is 0.547. The second-order valence-corrected chi connectivity index (χ2v) is 7.72. The minimum absolute atomic E-state index is 0.00208. The van der Waals surface area contributed by atoms with E-state index in [9.17, 15) is 13.2 Å². The molecule has 29 heavy (non-hydrogen) atoms. The van der Waals surface area contributed by atoms with Crippen LogP contribution in [0.15, 0.2) is 90.3 Å². The van der Waals surface area contributed by atoms with Gasteiger partial charge in [-0.05, 0) is 36.4 Å². The van der Waals surface area contributed by atoms with Gasteiger partial charge in [0, 0.05) is 18.0 Å². The van der Waals surface area contributed by atoms with E-state index in [2.05, 4.69) is 15.1 Å². The van der Waals surface area contributed by atoms with Gasteiger partial charge in [0.2, 0.25) is 0 Å². The van der Waals surface area contributed by atoms with E-state index in [-0.39, 0.29) is 10.6 Å². The van der Waals surface area contributed by atoms with E-state index in [1.54, 1.807) is 65.9 Å². The zero-order chi connectivity index (χ0) is 20.3. The molecular formula is C20H15N5O3S. The number of carbonyl (C=O) groups excluding carboxylic acids is 1. The van der Waals surface area contributed by atoms with Gasteiger partial charge in [-0.15, -0.1) is 0 Å². The monoisotopic (exact) mass is 405 g/mol. The Bertz CT molecular complexity index is 1260. The van der Waals surface area contributed by atoms with E-state index in [0.717, 1.165) is 5.69 Å². The van der Waals surface area contributed by atoms with Crippen LogP contribution >= 0.6 is 0 Å². The molecule has 0 aliphatic rings. The summed E-state index contributed by atoms with van der Waals surface area (Å²) in [5.41, 5.74) is 1.93. The van der Waals surface area contributed by atoms with Crippen LogP contribution in [0, 0.1) is 0 Å². The lowest BCUT2D eigenvalue weighted by atomic mass is 10.2. The second-order valence-electron chi connectivity index (χ2n) is 6.04. The number of rotatable bonds is 5. The smallest absolute Gasteiger partial charge is 0.266 e. The van der Waals surface area contributed by atoms with Gasteiger partial charge in [-0.3, -0.25) is 9.78 Å². The molecule has 9 heteroatoms. The highest BCUT2D eigenvalue weighted by Gasteiger charge is 2.19. The van der Waals surface area contributed by atoms with Crippen molar-refractivity contribution in [3.05, 3.63) is 91.1 Å². The van der Waals surface area contributed by atoms with Crippen LogP contribution in [0.25, 0.3) is 16.9 Å². The van der Waals surface area contributed by atoms with Crippen molar-refractivity contribution in [3.63, 3.8) is 0 Å². The van der Waals surface area contributed by atoms with E-state index in [4.69, 9.17) is 0 Å². The molecule has 3 aromatic heterocycles. The third-order valence-electron chi connectivity index (χ3n) is 4.05. The zero-order valence-electron chi connectivity index (χ0n) is 15.0. The summed E-state index contributed by atoms with van der Waals surface area (Å²) in [4.78, 5) is 20.8. The van der Waals surface area contributed by atoms with Crippen LogP contribution in [0.1, 0.15) is 10.5 Å². The van der Waals surface area contributed by atoms with Crippen LogP contribution in [0.2, 0.25) is 0 Å². The number of carbonyl (C=O) groups is 1. The summed E-state index contributed by atoms with van der Waals surface area (Å²) in [6, 6.07) is 16.1. The Kier molecular flexibility index (Phi) is 4.88. The molecule has 0 radical (unpaired) electrons. The summed E-state index contributed by atoms with van der Waals surface area (Å²) in [6.45, 7) is 0. The molecule has 144 valence electrons. The maximum atomic E-state index is 12.5. The lowest BCUT2D eigenvalue weighted by molar-refractivity contribution is 0.0976. The third-order valence-corrected chi connectivity index (χ3v) is 5.40. The fourth-order valence-corrected chi connectivity index (χ4v) is 3.62. The number of amides is 1. The van der Waals surface area contributed by atoms with Gasteiger partial charge in [0.05, 0.1) is 28.7 Å². The molecule has 8 nitrogen and oxygen atoms in total. The van der Waals surface area contributed by atoms with Gasteiger partial charge in [0.25, 0.3) is 15.9 Å². The van der Waals surface area contributed by atoms with Crippen molar-refractivity contribution in [2.24, 2.45) is 0 Å². The van der Waals surface area contributed by atoms with Crippen LogP contribution in [0.5, 0.6) is 0 Å². The minimum atomic E-state index is -3.98. The number of nitrogens with one attached hydrogen (secondary N) is 1. The SMILES string of the molecule is O=C(NS(=O)(=O)c1ccccc1)c1cccc(-c2cnn(-c3cccnc3)c2)n1. The molecule has 0 saturated carbocycles. The molecular weight excluding hydrogens is 390 g/mol. The zero-order valence-corrected chi connectivity index (χ0v) is 15.8. The predicted octanol–water partition coefficient (Wildman–Crippen LogP) is 2.45. The van der Waals surface area contributed by atoms with Gasteiger partial charge >= 0.3 is 0 Å². The molecule has 0 fully saturated rings. The van der Waals surface area contributed by atoms with Crippen LogP contribution in [-0.4, -0.2) is 34.1 Å². The Hall–Kier alpha value is -3.85.